The Labute approximate surface area is 217 Å². The van der Waals surface area contributed by atoms with E-state index < -0.39 is 0 Å². The van der Waals surface area contributed by atoms with Crippen LogP contribution in [0, 0.1) is 5.92 Å². The van der Waals surface area contributed by atoms with Crippen LogP contribution in [0.3, 0.4) is 0 Å². The van der Waals surface area contributed by atoms with Gasteiger partial charge in [-0.1, -0.05) is 11.6 Å². The van der Waals surface area contributed by atoms with Crippen LogP contribution in [0.4, 0.5) is 11.4 Å². The van der Waals surface area contributed by atoms with E-state index in [2.05, 4.69) is 10.2 Å². The summed E-state index contributed by atoms with van der Waals surface area (Å²) in [5, 5.41) is 3.51. The molecule has 8 heteroatoms. The Hall–Kier alpha value is -3.06. The molecule has 2 saturated heterocycles. The molecule has 0 unspecified atom stereocenters. The van der Waals surface area contributed by atoms with E-state index >= 15 is 0 Å². The van der Waals surface area contributed by atoms with Crippen molar-refractivity contribution in [3.05, 3.63) is 58.6 Å². The number of amides is 3. The van der Waals surface area contributed by atoms with E-state index in [4.69, 9.17) is 11.6 Å². The van der Waals surface area contributed by atoms with Crippen molar-refractivity contribution in [1.29, 1.82) is 0 Å². The van der Waals surface area contributed by atoms with Gasteiger partial charge in [-0.15, -0.1) is 0 Å². The number of nitrogens with zero attached hydrogens (tertiary/aromatic N) is 3. The molecule has 1 aliphatic carbocycles. The Morgan fingerprint density at radius 2 is 1.50 bits per heavy atom. The second kappa shape index (κ2) is 10.9. The number of carbonyl (C=O) groups is 3. The zero-order valence-electron chi connectivity index (χ0n) is 20.5. The Morgan fingerprint density at radius 3 is 2.22 bits per heavy atom. The molecule has 3 aliphatic rings. The largest absolute Gasteiger partial charge is 0.369 e. The van der Waals surface area contributed by atoms with Gasteiger partial charge in [0.2, 0.25) is 5.91 Å². The molecule has 7 nitrogen and oxygen atoms in total. The predicted octanol–water partition coefficient (Wildman–Crippen LogP) is 4.67. The van der Waals surface area contributed by atoms with Crippen molar-refractivity contribution in [2.24, 2.45) is 5.92 Å². The SMILES string of the molecule is O=C(Nc1ccc(N2CCCN(C(=O)C3CC3)CC2)c(C(=O)N2CCCCC2)c1)c1ccc(Cl)cc1. The summed E-state index contributed by atoms with van der Waals surface area (Å²) in [6, 6.07) is 12.3. The molecule has 0 spiro atoms. The van der Waals surface area contributed by atoms with Crippen LogP contribution in [0.5, 0.6) is 0 Å². The molecule has 1 N–H and O–H groups in total. The molecule has 2 heterocycles. The lowest BCUT2D eigenvalue weighted by molar-refractivity contribution is -0.132. The van der Waals surface area contributed by atoms with E-state index in [0.29, 0.717) is 34.9 Å². The molecule has 0 atom stereocenters. The van der Waals surface area contributed by atoms with Crippen molar-refractivity contribution in [1.82, 2.24) is 9.80 Å². The van der Waals surface area contributed by atoms with Crippen LogP contribution >= 0.6 is 11.6 Å². The highest BCUT2D eigenvalue weighted by Gasteiger charge is 2.34. The number of halogens is 1. The quantitative estimate of drug-likeness (QED) is 0.637. The molecule has 3 fully saturated rings. The topological polar surface area (TPSA) is 73.0 Å². The van der Waals surface area contributed by atoms with E-state index in [9.17, 15) is 14.4 Å². The van der Waals surface area contributed by atoms with Crippen molar-refractivity contribution in [2.75, 3.05) is 49.5 Å². The van der Waals surface area contributed by atoms with E-state index in [1.165, 1.54) is 0 Å². The predicted molar refractivity (Wildman–Crippen MR) is 142 cm³/mol. The van der Waals surface area contributed by atoms with Crippen molar-refractivity contribution in [3.8, 4) is 0 Å². The fourth-order valence-corrected chi connectivity index (χ4v) is 5.23. The highest BCUT2D eigenvalue weighted by molar-refractivity contribution is 6.30. The number of piperidine rings is 1. The minimum Gasteiger partial charge on any atom is -0.369 e. The van der Waals surface area contributed by atoms with Gasteiger partial charge in [0.1, 0.15) is 0 Å². The zero-order chi connectivity index (χ0) is 25.1. The number of likely N-dealkylation sites (tertiary alicyclic amines) is 1. The minimum absolute atomic E-state index is 0.00227. The van der Waals surface area contributed by atoms with Gasteiger partial charge in [0.15, 0.2) is 0 Å². The lowest BCUT2D eigenvalue weighted by Crippen LogP contribution is -2.38. The Balaban J connectivity index is 1.38. The molecule has 190 valence electrons. The lowest BCUT2D eigenvalue weighted by Gasteiger charge is -2.30. The van der Waals surface area contributed by atoms with Gasteiger partial charge in [-0.05, 0) is 81.0 Å². The smallest absolute Gasteiger partial charge is 0.256 e. The van der Waals surface area contributed by atoms with Crippen LogP contribution in [-0.2, 0) is 4.79 Å². The summed E-state index contributed by atoms with van der Waals surface area (Å²) in [7, 11) is 0. The Morgan fingerprint density at radius 1 is 0.778 bits per heavy atom. The number of carbonyl (C=O) groups excluding carboxylic acids is 3. The molecule has 0 aromatic heterocycles. The number of anilines is 2. The van der Waals surface area contributed by atoms with Crippen LogP contribution in [-0.4, -0.2) is 66.8 Å². The van der Waals surface area contributed by atoms with E-state index in [1.54, 1.807) is 30.3 Å². The fraction of sp³-hybridized carbons (Fsp3) is 0.464. The van der Waals surface area contributed by atoms with Crippen molar-refractivity contribution >= 4 is 40.7 Å². The lowest BCUT2D eigenvalue weighted by atomic mass is 10.1. The maximum Gasteiger partial charge on any atom is 0.256 e. The van der Waals surface area contributed by atoms with E-state index in [-0.39, 0.29) is 23.6 Å². The Bertz CT molecular complexity index is 1130. The number of hydrogen-bond acceptors (Lipinski definition) is 4. The highest BCUT2D eigenvalue weighted by atomic mass is 35.5. The fourth-order valence-electron chi connectivity index (χ4n) is 5.10. The van der Waals surface area contributed by atoms with Gasteiger partial charge in [-0.25, -0.2) is 0 Å². The molecular weight excluding hydrogens is 476 g/mol. The summed E-state index contributed by atoms with van der Waals surface area (Å²) in [6.45, 7) is 4.41. The van der Waals surface area contributed by atoms with Gasteiger partial charge in [0.05, 0.1) is 5.56 Å². The first-order valence-electron chi connectivity index (χ1n) is 13.0. The van der Waals surface area contributed by atoms with Gasteiger partial charge < -0.3 is 20.0 Å². The first-order valence-corrected chi connectivity index (χ1v) is 13.4. The minimum atomic E-state index is -0.250. The van der Waals surface area contributed by atoms with Gasteiger partial charge in [-0.2, -0.15) is 0 Å². The average Bonchev–Trinajstić information content (AvgIpc) is 3.76. The number of hydrogen-bond donors (Lipinski definition) is 1. The molecule has 2 aromatic carbocycles. The molecule has 36 heavy (non-hydrogen) atoms. The van der Waals surface area contributed by atoms with Crippen LogP contribution in [0.1, 0.15) is 59.2 Å². The molecule has 0 radical (unpaired) electrons. The standard InChI is InChI=1S/C28H33ClN4O3/c29-22-9-7-20(8-10-22)26(34)30-23-11-12-25(24(19-23)28(36)32-13-2-1-3-14-32)31-15-4-16-33(18-17-31)27(35)21-5-6-21/h7-12,19,21H,1-6,13-18H2,(H,30,34). The highest BCUT2D eigenvalue weighted by Crippen LogP contribution is 2.32. The van der Waals surface area contributed by atoms with Crippen LogP contribution in [0.15, 0.2) is 42.5 Å². The van der Waals surface area contributed by atoms with Gasteiger partial charge >= 0.3 is 0 Å². The van der Waals surface area contributed by atoms with Gasteiger partial charge in [0.25, 0.3) is 11.8 Å². The third-order valence-corrected chi connectivity index (χ3v) is 7.56. The second-order valence-corrected chi connectivity index (χ2v) is 10.4. The molecule has 0 bridgehead atoms. The van der Waals surface area contributed by atoms with Crippen LogP contribution in [0.2, 0.25) is 5.02 Å². The summed E-state index contributed by atoms with van der Waals surface area (Å²) >= 11 is 5.95. The summed E-state index contributed by atoms with van der Waals surface area (Å²) in [5.41, 5.74) is 2.56. The zero-order valence-corrected chi connectivity index (χ0v) is 21.3. The van der Waals surface area contributed by atoms with E-state index in [1.807, 2.05) is 21.9 Å². The first kappa shape index (κ1) is 24.6. The molecule has 1 saturated carbocycles. The summed E-state index contributed by atoms with van der Waals surface area (Å²) < 4.78 is 0. The Kier molecular flexibility index (Phi) is 7.46. The monoisotopic (exact) mass is 508 g/mol. The van der Waals surface area contributed by atoms with Crippen LogP contribution in [0.25, 0.3) is 0 Å². The van der Waals surface area contributed by atoms with Crippen molar-refractivity contribution in [2.45, 2.75) is 38.5 Å². The van der Waals surface area contributed by atoms with Crippen molar-refractivity contribution < 1.29 is 14.4 Å². The summed E-state index contributed by atoms with van der Waals surface area (Å²) in [5.74, 6) is 0.250. The maximum atomic E-state index is 13.7. The summed E-state index contributed by atoms with van der Waals surface area (Å²) in [4.78, 5) is 45.2. The van der Waals surface area contributed by atoms with Crippen LogP contribution < -0.4 is 10.2 Å². The van der Waals surface area contributed by atoms with Gasteiger partial charge in [0, 0.05) is 67.1 Å². The maximum absolute atomic E-state index is 13.7. The molecule has 2 aliphatic heterocycles. The third kappa shape index (κ3) is 5.67. The third-order valence-electron chi connectivity index (χ3n) is 7.31. The van der Waals surface area contributed by atoms with E-state index in [0.717, 1.165) is 70.4 Å². The molecule has 2 aromatic rings. The molecular formula is C28H33ClN4O3. The average molecular weight is 509 g/mol. The van der Waals surface area contributed by atoms with Gasteiger partial charge in [-0.3, -0.25) is 14.4 Å². The first-order chi connectivity index (χ1) is 17.5. The number of benzene rings is 2. The number of nitrogens with one attached hydrogen (secondary N) is 1. The van der Waals surface area contributed by atoms with Crippen molar-refractivity contribution in [3.63, 3.8) is 0 Å². The molecule has 5 rings (SSSR count). The normalized spacial score (nSPS) is 18.5. The molecule has 3 amide bonds. The summed E-state index contributed by atoms with van der Waals surface area (Å²) in [6.07, 6.45) is 6.05. The number of rotatable bonds is 5. The second-order valence-electron chi connectivity index (χ2n) is 9.99.